The van der Waals surface area contributed by atoms with E-state index in [-0.39, 0.29) is 24.0 Å². The first-order chi connectivity index (χ1) is 9.79. The number of carboxylic acids is 1. The van der Waals surface area contributed by atoms with Crippen molar-refractivity contribution >= 4 is 12.0 Å². The highest BCUT2D eigenvalue weighted by Crippen LogP contribution is 2.39. The first kappa shape index (κ1) is 16.1. The Morgan fingerprint density at radius 2 is 1.76 bits per heavy atom. The van der Waals surface area contributed by atoms with Crippen LogP contribution in [0.15, 0.2) is 0 Å². The lowest BCUT2D eigenvalue weighted by Gasteiger charge is -2.41. The normalized spacial score (nSPS) is 33.6. The molecule has 0 aromatic heterocycles. The molecule has 1 unspecified atom stereocenters. The van der Waals surface area contributed by atoms with Gasteiger partial charge in [-0.25, -0.2) is 4.79 Å². The van der Waals surface area contributed by atoms with Gasteiger partial charge in [0.2, 0.25) is 0 Å². The number of amides is 2. The molecule has 2 fully saturated rings. The quantitative estimate of drug-likeness (QED) is 0.852. The third-order valence-corrected chi connectivity index (χ3v) is 5.52. The zero-order chi connectivity index (χ0) is 15.8. The number of piperidine rings is 1. The Morgan fingerprint density at radius 3 is 2.19 bits per heavy atom. The Morgan fingerprint density at radius 1 is 1.19 bits per heavy atom. The molecule has 0 aliphatic carbocycles. The van der Waals surface area contributed by atoms with Crippen molar-refractivity contribution in [3.63, 3.8) is 0 Å². The van der Waals surface area contributed by atoms with Gasteiger partial charge in [-0.15, -0.1) is 0 Å². The number of carbonyl (C=O) groups excluding carboxylic acids is 1. The van der Waals surface area contributed by atoms with Crippen LogP contribution in [-0.4, -0.2) is 52.1 Å². The van der Waals surface area contributed by atoms with Gasteiger partial charge >= 0.3 is 12.0 Å². The molecule has 0 spiro atoms. The molecule has 0 aromatic carbocycles. The minimum atomic E-state index is -0.780. The maximum atomic E-state index is 12.8. The average molecular weight is 296 g/mol. The number of hydrogen-bond acceptors (Lipinski definition) is 2. The molecule has 2 aliphatic rings. The summed E-state index contributed by atoms with van der Waals surface area (Å²) in [6, 6.07) is 0.527. The largest absolute Gasteiger partial charge is 0.481 e. The predicted molar refractivity (Wildman–Crippen MR) is 81.1 cm³/mol. The second kappa shape index (κ2) is 5.85. The molecule has 2 amide bonds. The van der Waals surface area contributed by atoms with Gasteiger partial charge in [-0.05, 0) is 45.4 Å². The van der Waals surface area contributed by atoms with Gasteiger partial charge in [0.25, 0.3) is 0 Å². The molecule has 1 N–H and O–H groups in total. The highest BCUT2D eigenvalue weighted by molar-refractivity contribution is 5.80. The SMILES string of the molecule is CC(C)C1(C(=O)O)CCN(C(=O)N2[C@H](C)CCC[C@@H]2C)C1. The van der Waals surface area contributed by atoms with Crippen molar-refractivity contribution in [1.29, 1.82) is 0 Å². The molecule has 0 aromatic rings. The molecule has 21 heavy (non-hydrogen) atoms. The fourth-order valence-electron chi connectivity index (χ4n) is 3.85. The Balaban J connectivity index is 2.13. The number of rotatable bonds is 2. The van der Waals surface area contributed by atoms with Gasteiger partial charge in [0.15, 0.2) is 0 Å². The fraction of sp³-hybridized carbons (Fsp3) is 0.875. The maximum Gasteiger partial charge on any atom is 0.320 e. The lowest BCUT2D eigenvalue weighted by atomic mass is 9.76. The van der Waals surface area contributed by atoms with Gasteiger partial charge in [-0.2, -0.15) is 0 Å². The number of carbonyl (C=O) groups is 2. The summed E-state index contributed by atoms with van der Waals surface area (Å²) in [5, 5.41) is 9.60. The summed E-state index contributed by atoms with van der Waals surface area (Å²) in [5.74, 6) is -0.739. The Labute approximate surface area is 127 Å². The highest BCUT2D eigenvalue weighted by atomic mass is 16.4. The zero-order valence-electron chi connectivity index (χ0n) is 13.6. The summed E-state index contributed by atoms with van der Waals surface area (Å²) in [5.41, 5.74) is -0.780. The molecule has 120 valence electrons. The maximum absolute atomic E-state index is 12.8. The van der Waals surface area contributed by atoms with E-state index in [9.17, 15) is 14.7 Å². The molecular formula is C16H28N2O3. The standard InChI is InChI=1S/C16H28N2O3/c1-11(2)16(14(19)20)8-9-17(10-16)15(21)18-12(3)6-5-7-13(18)4/h11-13H,5-10H2,1-4H3,(H,19,20)/t12-,13+,16?. The van der Waals surface area contributed by atoms with E-state index in [1.807, 2.05) is 18.7 Å². The summed E-state index contributed by atoms with van der Waals surface area (Å²) in [6.07, 6.45) is 3.80. The van der Waals surface area contributed by atoms with E-state index >= 15 is 0 Å². The second-order valence-electron chi connectivity index (χ2n) is 7.11. The molecule has 2 saturated heterocycles. The molecular weight excluding hydrogens is 268 g/mol. The smallest absolute Gasteiger partial charge is 0.320 e. The summed E-state index contributed by atoms with van der Waals surface area (Å²) in [7, 11) is 0. The van der Waals surface area contributed by atoms with Gasteiger partial charge in [0.1, 0.15) is 0 Å². The Bertz CT molecular complexity index is 414. The number of likely N-dealkylation sites (tertiary alicyclic amines) is 2. The summed E-state index contributed by atoms with van der Waals surface area (Å²) >= 11 is 0. The van der Waals surface area contributed by atoms with Crippen LogP contribution in [0.5, 0.6) is 0 Å². The van der Waals surface area contributed by atoms with E-state index < -0.39 is 11.4 Å². The molecule has 2 heterocycles. The van der Waals surface area contributed by atoms with Gasteiger partial charge in [0, 0.05) is 25.2 Å². The van der Waals surface area contributed by atoms with E-state index in [0.717, 1.165) is 19.3 Å². The molecule has 2 aliphatic heterocycles. The molecule has 3 atom stereocenters. The third-order valence-electron chi connectivity index (χ3n) is 5.52. The first-order valence-electron chi connectivity index (χ1n) is 8.10. The van der Waals surface area contributed by atoms with E-state index in [1.165, 1.54) is 0 Å². The van der Waals surface area contributed by atoms with Crippen molar-refractivity contribution in [1.82, 2.24) is 9.80 Å². The van der Waals surface area contributed by atoms with E-state index in [2.05, 4.69) is 13.8 Å². The van der Waals surface area contributed by atoms with Crippen LogP contribution in [-0.2, 0) is 4.79 Å². The molecule has 0 saturated carbocycles. The van der Waals surface area contributed by atoms with Crippen LogP contribution in [0.4, 0.5) is 4.79 Å². The van der Waals surface area contributed by atoms with Crippen LogP contribution >= 0.6 is 0 Å². The summed E-state index contributed by atoms with van der Waals surface area (Å²) in [4.78, 5) is 28.2. The van der Waals surface area contributed by atoms with Crippen molar-refractivity contribution in [2.75, 3.05) is 13.1 Å². The lowest BCUT2D eigenvalue weighted by molar-refractivity contribution is -0.150. The van der Waals surface area contributed by atoms with E-state index in [0.29, 0.717) is 19.5 Å². The third kappa shape index (κ3) is 2.74. The number of urea groups is 1. The fourth-order valence-corrected chi connectivity index (χ4v) is 3.85. The van der Waals surface area contributed by atoms with Crippen LogP contribution in [0.2, 0.25) is 0 Å². The highest BCUT2D eigenvalue weighted by Gasteiger charge is 2.49. The lowest BCUT2D eigenvalue weighted by Crippen LogP contribution is -2.53. The van der Waals surface area contributed by atoms with Crippen LogP contribution < -0.4 is 0 Å². The van der Waals surface area contributed by atoms with Crippen molar-refractivity contribution in [3.8, 4) is 0 Å². The minimum Gasteiger partial charge on any atom is -0.481 e. The first-order valence-corrected chi connectivity index (χ1v) is 8.10. The second-order valence-corrected chi connectivity index (χ2v) is 7.11. The number of hydrogen-bond donors (Lipinski definition) is 1. The van der Waals surface area contributed by atoms with Gasteiger partial charge < -0.3 is 14.9 Å². The summed E-state index contributed by atoms with van der Waals surface area (Å²) in [6.45, 7) is 8.96. The Kier molecular flexibility index (Phi) is 4.49. The van der Waals surface area contributed by atoms with E-state index in [4.69, 9.17) is 0 Å². The monoisotopic (exact) mass is 296 g/mol. The molecule has 0 bridgehead atoms. The van der Waals surface area contributed by atoms with Gasteiger partial charge in [-0.3, -0.25) is 4.79 Å². The molecule has 2 rings (SSSR count). The van der Waals surface area contributed by atoms with Crippen LogP contribution in [0, 0.1) is 11.3 Å². The molecule has 5 heteroatoms. The summed E-state index contributed by atoms with van der Waals surface area (Å²) < 4.78 is 0. The van der Waals surface area contributed by atoms with Crippen LogP contribution in [0.3, 0.4) is 0 Å². The number of carboxylic acid groups (broad SMARTS) is 1. The van der Waals surface area contributed by atoms with Crippen molar-refractivity contribution in [2.45, 2.75) is 65.5 Å². The topological polar surface area (TPSA) is 60.9 Å². The zero-order valence-corrected chi connectivity index (χ0v) is 13.6. The van der Waals surface area contributed by atoms with Gasteiger partial charge in [-0.1, -0.05) is 13.8 Å². The average Bonchev–Trinajstić information content (AvgIpc) is 2.84. The number of nitrogens with zero attached hydrogens (tertiary/aromatic N) is 2. The van der Waals surface area contributed by atoms with Crippen molar-refractivity contribution < 1.29 is 14.7 Å². The predicted octanol–water partition coefficient (Wildman–Crippen LogP) is 2.80. The Hall–Kier alpha value is -1.26. The van der Waals surface area contributed by atoms with E-state index in [1.54, 1.807) is 4.90 Å². The molecule has 5 nitrogen and oxygen atoms in total. The molecule has 0 radical (unpaired) electrons. The van der Waals surface area contributed by atoms with Crippen molar-refractivity contribution in [2.24, 2.45) is 11.3 Å². The van der Waals surface area contributed by atoms with Crippen LogP contribution in [0.25, 0.3) is 0 Å². The minimum absolute atomic E-state index is 0.0264. The number of aliphatic carboxylic acids is 1. The van der Waals surface area contributed by atoms with Crippen molar-refractivity contribution in [3.05, 3.63) is 0 Å². The van der Waals surface area contributed by atoms with Gasteiger partial charge in [0.05, 0.1) is 5.41 Å². The van der Waals surface area contributed by atoms with Crippen LogP contribution in [0.1, 0.15) is 53.4 Å².